The van der Waals surface area contributed by atoms with E-state index in [1.165, 1.54) is 29.1 Å². The number of piperidine rings is 2. The Balaban J connectivity index is 1.73. The highest BCUT2D eigenvalue weighted by molar-refractivity contribution is 7.11. The number of thiazole rings is 1. The molecule has 98 valence electrons. The van der Waals surface area contributed by atoms with Crippen LogP contribution >= 0.6 is 11.3 Å². The van der Waals surface area contributed by atoms with Crippen LogP contribution in [0.1, 0.15) is 48.9 Å². The number of hydrogen-bond acceptors (Lipinski definition) is 4. The number of aryl methyl sites for hydroxylation is 1. The van der Waals surface area contributed by atoms with E-state index >= 15 is 0 Å². The van der Waals surface area contributed by atoms with Gasteiger partial charge in [0, 0.05) is 36.0 Å². The first-order valence-corrected chi connectivity index (χ1v) is 7.79. The molecule has 2 aliphatic heterocycles. The Morgan fingerprint density at radius 3 is 2.72 bits per heavy atom. The summed E-state index contributed by atoms with van der Waals surface area (Å²) in [5.41, 5.74) is 0. The topological polar surface area (TPSA) is 33.2 Å². The number of carbonyl (C=O) groups is 1. The molecule has 3 heterocycles. The quantitative estimate of drug-likeness (QED) is 0.841. The van der Waals surface area contributed by atoms with Gasteiger partial charge in [-0.2, -0.15) is 0 Å². The number of carbonyl (C=O) groups excluding carboxylic acids is 1. The maximum absolute atomic E-state index is 11.7. The summed E-state index contributed by atoms with van der Waals surface area (Å²) < 4.78 is 0. The molecule has 0 amide bonds. The molecule has 2 aliphatic rings. The van der Waals surface area contributed by atoms with Crippen LogP contribution in [0.15, 0.2) is 6.20 Å². The third-order valence-electron chi connectivity index (χ3n) is 4.21. The van der Waals surface area contributed by atoms with Gasteiger partial charge in [0.25, 0.3) is 0 Å². The summed E-state index contributed by atoms with van der Waals surface area (Å²) >= 11 is 1.83. The van der Waals surface area contributed by atoms with E-state index < -0.39 is 0 Å². The zero-order chi connectivity index (χ0) is 12.5. The highest BCUT2D eigenvalue weighted by atomic mass is 32.1. The van der Waals surface area contributed by atoms with E-state index in [-0.39, 0.29) is 0 Å². The molecule has 0 spiro atoms. The minimum Gasteiger partial charge on any atom is -0.300 e. The van der Waals surface area contributed by atoms with Gasteiger partial charge in [0.15, 0.2) is 0 Å². The van der Waals surface area contributed by atoms with E-state index in [1.807, 2.05) is 17.5 Å². The molecular formula is C14H20N2OS. The molecule has 0 aromatic carbocycles. The second kappa shape index (κ2) is 5.10. The Morgan fingerprint density at radius 2 is 2.11 bits per heavy atom. The molecular weight excluding hydrogens is 244 g/mol. The zero-order valence-corrected chi connectivity index (χ0v) is 11.7. The SMILES string of the molecule is CCc1cnc(CN2C3CCCC2CC(=O)C3)s1. The lowest BCUT2D eigenvalue weighted by molar-refractivity contribution is -0.127. The first kappa shape index (κ1) is 12.3. The highest BCUT2D eigenvalue weighted by Crippen LogP contribution is 2.34. The molecule has 18 heavy (non-hydrogen) atoms. The first-order valence-electron chi connectivity index (χ1n) is 6.97. The Kier molecular flexibility index (Phi) is 3.48. The monoisotopic (exact) mass is 264 g/mol. The van der Waals surface area contributed by atoms with Crippen LogP contribution in [0, 0.1) is 0 Å². The van der Waals surface area contributed by atoms with Gasteiger partial charge in [0.05, 0.1) is 6.54 Å². The highest BCUT2D eigenvalue weighted by Gasteiger charge is 2.37. The third kappa shape index (κ3) is 2.36. The predicted molar refractivity (Wildman–Crippen MR) is 72.7 cm³/mol. The molecule has 2 unspecified atom stereocenters. The van der Waals surface area contributed by atoms with Crippen molar-refractivity contribution in [3.63, 3.8) is 0 Å². The van der Waals surface area contributed by atoms with Gasteiger partial charge in [-0.25, -0.2) is 4.98 Å². The Hall–Kier alpha value is -0.740. The zero-order valence-electron chi connectivity index (χ0n) is 10.9. The van der Waals surface area contributed by atoms with Crippen molar-refractivity contribution in [3.8, 4) is 0 Å². The molecule has 2 atom stereocenters. The van der Waals surface area contributed by atoms with E-state index in [0.717, 1.165) is 25.8 Å². The van der Waals surface area contributed by atoms with Crippen molar-refractivity contribution in [3.05, 3.63) is 16.1 Å². The maximum atomic E-state index is 11.7. The van der Waals surface area contributed by atoms with Crippen LogP contribution in [0.4, 0.5) is 0 Å². The first-order chi connectivity index (χ1) is 8.76. The van der Waals surface area contributed by atoms with Gasteiger partial charge < -0.3 is 0 Å². The third-order valence-corrected chi connectivity index (χ3v) is 5.33. The summed E-state index contributed by atoms with van der Waals surface area (Å²) in [6, 6.07) is 0.970. The molecule has 3 rings (SSSR count). The molecule has 4 heteroatoms. The second-order valence-electron chi connectivity index (χ2n) is 5.43. The van der Waals surface area contributed by atoms with E-state index in [2.05, 4.69) is 16.8 Å². The molecule has 2 saturated heterocycles. The van der Waals surface area contributed by atoms with Crippen LogP contribution in [0.25, 0.3) is 0 Å². The molecule has 1 aromatic rings. The molecule has 1 aromatic heterocycles. The maximum Gasteiger partial charge on any atom is 0.136 e. The van der Waals surface area contributed by atoms with Gasteiger partial charge in [-0.3, -0.25) is 9.69 Å². The fourth-order valence-electron chi connectivity index (χ4n) is 3.27. The minimum atomic E-state index is 0.467. The lowest BCUT2D eigenvalue weighted by atomic mass is 9.84. The van der Waals surface area contributed by atoms with E-state index in [9.17, 15) is 4.79 Å². The fourth-order valence-corrected chi connectivity index (χ4v) is 4.14. The van der Waals surface area contributed by atoms with Crippen LogP contribution in [0.3, 0.4) is 0 Å². The van der Waals surface area contributed by atoms with E-state index in [4.69, 9.17) is 0 Å². The van der Waals surface area contributed by atoms with Crippen molar-refractivity contribution in [2.45, 2.75) is 64.1 Å². The lowest BCUT2D eigenvalue weighted by Crippen LogP contribution is -2.51. The summed E-state index contributed by atoms with van der Waals surface area (Å²) in [6.45, 7) is 3.12. The van der Waals surface area contributed by atoms with Crippen molar-refractivity contribution in [1.29, 1.82) is 0 Å². The van der Waals surface area contributed by atoms with Gasteiger partial charge in [-0.15, -0.1) is 11.3 Å². The Labute approximate surface area is 112 Å². The summed E-state index contributed by atoms with van der Waals surface area (Å²) in [5.74, 6) is 0.467. The summed E-state index contributed by atoms with van der Waals surface area (Å²) in [6.07, 6.45) is 8.28. The van der Waals surface area contributed by atoms with Crippen LogP contribution in [0.2, 0.25) is 0 Å². The number of hydrogen-bond donors (Lipinski definition) is 0. The van der Waals surface area contributed by atoms with Gasteiger partial charge in [-0.1, -0.05) is 13.3 Å². The number of fused-ring (bicyclic) bond motifs is 2. The molecule has 0 aliphatic carbocycles. The lowest BCUT2D eigenvalue weighted by Gasteiger charge is -2.45. The summed E-state index contributed by atoms with van der Waals surface area (Å²) in [5, 5.41) is 1.22. The molecule has 2 fully saturated rings. The summed E-state index contributed by atoms with van der Waals surface area (Å²) in [7, 11) is 0. The van der Waals surface area contributed by atoms with Gasteiger partial charge >= 0.3 is 0 Å². The van der Waals surface area contributed by atoms with Gasteiger partial charge in [0.2, 0.25) is 0 Å². The summed E-state index contributed by atoms with van der Waals surface area (Å²) in [4.78, 5) is 20.1. The van der Waals surface area contributed by atoms with Gasteiger partial charge in [-0.05, 0) is 19.3 Å². The van der Waals surface area contributed by atoms with Gasteiger partial charge in [0.1, 0.15) is 10.8 Å². The standard InChI is InChI=1S/C14H20N2OS/c1-2-13-8-15-14(18-13)9-16-10-4-3-5-11(16)7-12(17)6-10/h8,10-11H,2-7,9H2,1H3. The van der Waals surface area contributed by atoms with Crippen molar-refractivity contribution < 1.29 is 4.79 Å². The number of aromatic nitrogens is 1. The van der Waals surface area contributed by atoms with Crippen molar-refractivity contribution in [1.82, 2.24) is 9.88 Å². The Morgan fingerprint density at radius 1 is 1.39 bits per heavy atom. The average Bonchev–Trinajstić information content (AvgIpc) is 2.78. The van der Waals surface area contributed by atoms with E-state index in [1.54, 1.807) is 0 Å². The van der Waals surface area contributed by atoms with Crippen LogP contribution in [-0.2, 0) is 17.8 Å². The molecule has 0 saturated carbocycles. The second-order valence-corrected chi connectivity index (χ2v) is 6.63. The van der Waals surface area contributed by atoms with Crippen molar-refractivity contribution in [2.75, 3.05) is 0 Å². The average molecular weight is 264 g/mol. The van der Waals surface area contributed by atoms with Crippen LogP contribution in [0.5, 0.6) is 0 Å². The number of ketones is 1. The van der Waals surface area contributed by atoms with E-state index in [0.29, 0.717) is 17.9 Å². The fraction of sp³-hybridized carbons (Fsp3) is 0.714. The molecule has 2 bridgehead atoms. The Bertz CT molecular complexity index is 427. The molecule has 0 radical (unpaired) electrons. The number of nitrogens with zero attached hydrogens (tertiary/aromatic N) is 2. The van der Waals surface area contributed by atoms with Crippen molar-refractivity contribution >= 4 is 17.1 Å². The minimum absolute atomic E-state index is 0.467. The largest absolute Gasteiger partial charge is 0.300 e. The number of rotatable bonds is 3. The predicted octanol–water partition coefficient (Wildman–Crippen LogP) is 2.79. The normalized spacial score (nSPS) is 28.6. The van der Waals surface area contributed by atoms with Crippen molar-refractivity contribution in [2.24, 2.45) is 0 Å². The van der Waals surface area contributed by atoms with Crippen LogP contribution in [-0.4, -0.2) is 27.8 Å². The smallest absolute Gasteiger partial charge is 0.136 e. The molecule has 0 N–H and O–H groups in total. The number of Topliss-reactive ketones (excluding diaryl/α,β-unsaturated/α-hetero) is 1. The molecule has 3 nitrogen and oxygen atoms in total. The van der Waals surface area contributed by atoms with Crippen LogP contribution < -0.4 is 0 Å².